The first-order valence-corrected chi connectivity index (χ1v) is 8.93. The predicted octanol–water partition coefficient (Wildman–Crippen LogP) is 4.08. The summed E-state index contributed by atoms with van der Waals surface area (Å²) in [5, 5.41) is 3.47. The molecule has 0 bridgehead atoms. The smallest absolute Gasteiger partial charge is 0.321 e. The molecule has 1 aliphatic rings. The summed E-state index contributed by atoms with van der Waals surface area (Å²) in [6.07, 6.45) is 3.11. The standard InChI is InChI=1S/C18H28ClN3O2/c1-13(2)24-17-15(19)8-5-9-16(17)20-18(23)22-11-6-7-14(10-12-22)21(3)4/h5,8-9,13-14H,6-7,10-12H2,1-4H3,(H,20,23). The highest BCUT2D eigenvalue weighted by molar-refractivity contribution is 6.32. The SMILES string of the molecule is CC(C)Oc1c(Cl)cccc1NC(=O)N1CCCC(N(C)C)CC1. The first kappa shape index (κ1) is 18.9. The van der Waals surface area contributed by atoms with Gasteiger partial charge < -0.3 is 19.9 Å². The number of carbonyl (C=O) groups is 1. The van der Waals surface area contributed by atoms with E-state index in [4.69, 9.17) is 16.3 Å². The van der Waals surface area contributed by atoms with Crippen LogP contribution in [-0.2, 0) is 0 Å². The fourth-order valence-electron chi connectivity index (χ4n) is 2.96. The molecule has 1 fully saturated rings. The number of benzene rings is 1. The number of hydrogen-bond donors (Lipinski definition) is 1. The number of ether oxygens (including phenoxy) is 1. The molecule has 134 valence electrons. The molecular formula is C18H28ClN3O2. The summed E-state index contributed by atoms with van der Waals surface area (Å²) >= 11 is 6.23. The minimum atomic E-state index is -0.0923. The molecule has 1 unspecified atom stereocenters. The van der Waals surface area contributed by atoms with E-state index in [1.54, 1.807) is 6.07 Å². The van der Waals surface area contributed by atoms with E-state index in [0.29, 0.717) is 22.5 Å². The number of anilines is 1. The lowest BCUT2D eigenvalue weighted by atomic mass is 10.1. The molecule has 1 N–H and O–H groups in total. The van der Waals surface area contributed by atoms with Crippen molar-refractivity contribution in [2.75, 3.05) is 32.5 Å². The second-order valence-electron chi connectivity index (χ2n) is 6.75. The molecule has 1 aliphatic heterocycles. The molecule has 0 spiro atoms. The number of nitrogens with zero attached hydrogens (tertiary/aromatic N) is 2. The molecule has 1 heterocycles. The van der Waals surface area contributed by atoms with Crippen molar-refractivity contribution in [3.63, 3.8) is 0 Å². The summed E-state index contributed by atoms with van der Waals surface area (Å²) in [4.78, 5) is 16.8. The molecule has 24 heavy (non-hydrogen) atoms. The highest BCUT2D eigenvalue weighted by atomic mass is 35.5. The minimum Gasteiger partial charge on any atom is -0.487 e. The van der Waals surface area contributed by atoms with Crippen LogP contribution in [-0.4, -0.2) is 55.2 Å². The maximum Gasteiger partial charge on any atom is 0.321 e. The number of likely N-dealkylation sites (tertiary alicyclic amines) is 1. The van der Waals surface area contributed by atoms with Crippen LogP contribution in [0, 0.1) is 0 Å². The van der Waals surface area contributed by atoms with E-state index in [0.717, 1.165) is 32.4 Å². The maximum atomic E-state index is 12.6. The molecule has 0 aliphatic carbocycles. The minimum absolute atomic E-state index is 0.0143. The van der Waals surface area contributed by atoms with Crippen molar-refractivity contribution in [2.24, 2.45) is 0 Å². The van der Waals surface area contributed by atoms with Crippen molar-refractivity contribution < 1.29 is 9.53 Å². The Morgan fingerprint density at radius 2 is 2.08 bits per heavy atom. The van der Waals surface area contributed by atoms with Gasteiger partial charge in [-0.25, -0.2) is 4.79 Å². The van der Waals surface area contributed by atoms with Crippen molar-refractivity contribution in [1.82, 2.24) is 9.80 Å². The highest BCUT2D eigenvalue weighted by Gasteiger charge is 2.22. The molecule has 1 saturated heterocycles. The van der Waals surface area contributed by atoms with Crippen LogP contribution in [0.2, 0.25) is 5.02 Å². The molecule has 2 rings (SSSR count). The number of halogens is 1. The highest BCUT2D eigenvalue weighted by Crippen LogP contribution is 2.34. The Kier molecular flexibility index (Phi) is 6.75. The third kappa shape index (κ3) is 5.02. The predicted molar refractivity (Wildman–Crippen MR) is 99.1 cm³/mol. The molecule has 0 aromatic heterocycles. The van der Waals surface area contributed by atoms with Crippen molar-refractivity contribution in [3.8, 4) is 5.75 Å². The number of hydrogen-bond acceptors (Lipinski definition) is 3. The van der Waals surface area contributed by atoms with Gasteiger partial charge in [0, 0.05) is 19.1 Å². The molecule has 5 nitrogen and oxygen atoms in total. The summed E-state index contributed by atoms with van der Waals surface area (Å²) in [6.45, 7) is 5.41. The maximum absolute atomic E-state index is 12.6. The van der Waals surface area contributed by atoms with Gasteiger partial charge in [-0.05, 0) is 59.3 Å². The summed E-state index contributed by atoms with van der Waals surface area (Å²) in [5.74, 6) is 0.531. The van der Waals surface area contributed by atoms with Crippen molar-refractivity contribution in [1.29, 1.82) is 0 Å². The van der Waals surface area contributed by atoms with E-state index in [9.17, 15) is 4.79 Å². The lowest BCUT2D eigenvalue weighted by Crippen LogP contribution is -2.36. The van der Waals surface area contributed by atoms with E-state index >= 15 is 0 Å². The average molecular weight is 354 g/mol. The van der Waals surface area contributed by atoms with Crippen molar-refractivity contribution in [3.05, 3.63) is 23.2 Å². The van der Waals surface area contributed by atoms with E-state index in [2.05, 4.69) is 24.3 Å². The van der Waals surface area contributed by atoms with Crippen LogP contribution >= 0.6 is 11.6 Å². The van der Waals surface area contributed by atoms with E-state index < -0.39 is 0 Å². The molecule has 2 amide bonds. The molecular weight excluding hydrogens is 326 g/mol. The number of urea groups is 1. The zero-order chi connectivity index (χ0) is 17.7. The van der Waals surface area contributed by atoms with E-state index in [1.165, 1.54) is 0 Å². The lowest BCUT2D eigenvalue weighted by Gasteiger charge is -2.24. The van der Waals surface area contributed by atoms with Gasteiger partial charge in [-0.1, -0.05) is 17.7 Å². The lowest BCUT2D eigenvalue weighted by molar-refractivity contribution is 0.210. The summed E-state index contributed by atoms with van der Waals surface area (Å²) in [7, 11) is 4.20. The van der Waals surface area contributed by atoms with Crippen LogP contribution in [0.4, 0.5) is 10.5 Å². The molecule has 6 heteroatoms. The fourth-order valence-corrected chi connectivity index (χ4v) is 3.17. The van der Waals surface area contributed by atoms with Crippen LogP contribution in [0.25, 0.3) is 0 Å². The Labute approximate surface area is 149 Å². The fraction of sp³-hybridized carbons (Fsp3) is 0.611. The third-order valence-corrected chi connectivity index (χ3v) is 4.57. The second-order valence-corrected chi connectivity index (χ2v) is 7.16. The molecule has 1 aromatic rings. The first-order valence-electron chi connectivity index (χ1n) is 8.56. The Bertz CT molecular complexity index is 563. The largest absolute Gasteiger partial charge is 0.487 e. The number of carbonyl (C=O) groups excluding carboxylic acids is 1. The van der Waals surface area contributed by atoms with Gasteiger partial charge in [0.15, 0.2) is 5.75 Å². The number of nitrogens with one attached hydrogen (secondary N) is 1. The van der Waals surface area contributed by atoms with Crippen LogP contribution in [0.5, 0.6) is 5.75 Å². The van der Waals surface area contributed by atoms with E-state index in [1.807, 2.05) is 30.9 Å². The van der Waals surface area contributed by atoms with Crippen LogP contribution in [0.1, 0.15) is 33.1 Å². The monoisotopic (exact) mass is 353 g/mol. The number of amides is 2. The normalized spacial score (nSPS) is 18.6. The second kappa shape index (κ2) is 8.58. The van der Waals surface area contributed by atoms with Crippen molar-refractivity contribution in [2.45, 2.75) is 45.3 Å². The van der Waals surface area contributed by atoms with Gasteiger partial charge in [-0.15, -0.1) is 0 Å². The van der Waals surface area contributed by atoms with Crippen LogP contribution < -0.4 is 10.1 Å². The van der Waals surface area contributed by atoms with Crippen molar-refractivity contribution >= 4 is 23.3 Å². The quantitative estimate of drug-likeness (QED) is 0.887. The Hall–Kier alpha value is -1.46. The third-order valence-electron chi connectivity index (χ3n) is 4.28. The van der Waals surface area contributed by atoms with Gasteiger partial charge in [0.05, 0.1) is 16.8 Å². The van der Waals surface area contributed by atoms with Gasteiger partial charge in [0.1, 0.15) is 0 Å². The van der Waals surface area contributed by atoms with Gasteiger partial charge in [-0.3, -0.25) is 0 Å². The molecule has 1 atom stereocenters. The molecule has 1 aromatic carbocycles. The zero-order valence-electron chi connectivity index (χ0n) is 15.0. The Balaban J connectivity index is 2.06. The molecule has 0 saturated carbocycles. The number of rotatable bonds is 4. The van der Waals surface area contributed by atoms with Gasteiger partial charge in [0.2, 0.25) is 0 Å². The topological polar surface area (TPSA) is 44.8 Å². The van der Waals surface area contributed by atoms with Gasteiger partial charge >= 0.3 is 6.03 Å². The Morgan fingerprint density at radius 3 is 2.75 bits per heavy atom. The van der Waals surface area contributed by atoms with E-state index in [-0.39, 0.29) is 12.1 Å². The summed E-state index contributed by atoms with van der Waals surface area (Å²) < 4.78 is 5.77. The zero-order valence-corrected chi connectivity index (χ0v) is 15.8. The molecule has 0 radical (unpaired) electrons. The van der Waals surface area contributed by atoms with Gasteiger partial charge in [0.25, 0.3) is 0 Å². The average Bonchev–Trinajstić information content (AvgIpc) is 2.76. The summed E-state index contributed by atoms with van der Waals surface area (Å²) in [5.41, 5.74) is 0.620. The van der Waals surface area contributed by atoms with Crippen LogP contribution in [0.15, 0.2) is 18.2 Å². The number of para-hydroxylation sites is 1. The Morgan fingerprint density at radius 1 is 1.33 bits per heavy atom. The summed E-state index contributed by atoms with van der Waals surface area (Å²) in [6, 6.07) is 5.85. The first-order chi connectivity index (χ1) is 11.4. The van der Waals surface area contributed by atoms with Crippen LogP contribution in [0.3, 0.4) is 0 Å². The van der Waals surface area contributed by atoms with Gasteiger partial charge in [-0.2, -0.15) is 0 Å².